The van der Waals surface area contributed by atoms with E-state index in [0.29, 0.717) is 32.0 Å². The second-order valence-electron chi connectivity index (χ2n) is 5.90. The third-order valence-corrected chi connectivity index (χ3v) is 4.11. The SMILES string of the molecule is COC(=O)CCN(CCNC(C)=O)C(=O)CC1CCCCC1. The maximum absolute atomic E-state index is 12.4. The second kappa shape index (κ2) is 10.2. The third-order valence-electron chi connectivity index (χ3n) is 4.11. The van der Waals surface area contributed by atoms with Gasteiger partial charge in [-0.2, -0.15) is 0 Å². The van der Waals surface area contributed by atoms with E-state index >= 15 is 0 Å². The molecule has 0 heterocycles. The van der Waals surface area contributed by atoms with E-state index < -0.39 is 0 Å². The van der Waals surface area contributed by atoms with Gasteiger partial charge in [-0.3, -0.25) is 14.4 Å². The summed E-state index contributed by atoms with van der Waals surface area (Å²) in [6.45, 7) is 2.63. The van der Waals surface area contributed by atoms with E-state index in [1.54, 1.807) is 4.90 Å². The number of rotatable bonds is 8. The highest BCUT2D eigenvalue weighted by atomic mass is 16.5. The summed E-state index contributed by atoms with van der Waals surface area (Å²) < 4.78 is 4.63. The highest BCUT2D eigenvalue weighted by Crippen LogP contribution is 2.26. The predicted molar refractivity (Wildman–Crippen MR) is 83.1 cm³/mol. The Bertz CT molecular complexity index is 378. The first-order valence-corrected chi connectivity index (χ1v) is 8.12. The highest BCUT2D eigenvalue weighted by molar-refractivity contribution is 5.77. The highest BCUT2D eigenvalue weighted by Gasteiger charge is 2.21. The molecule has 22 heavy (non-hydrogen) atoms. The van der Waals surface area contributed by atoms with Crippen molar-refractivity contribution in [3.63, 3.8) is 0 Å². The van der Waals surface area contributed by atoms with Crippen LogP contribution in [0.3, 0.4) is 0 Å². The van der Waals surface area contributed by atoms with Crippen molar-refractivity contribution in [3.8, 4) is 0 Å². The van der Waals surface area contributed by atoms with Gasteiger partial charge in [-0.25, -0.2) is 0 Å². The van der Waals surface area contributed by atoms with E-state index in [9.17, 15) is 14.4 Å². The van der Waals surface area contributed by atoms with Gasteiger partial charge in [-0.15, -0.1) is 0 Å². The lowest BCUT2D eigenvalue weighted by atomic mass is 9.86. The van der Waals surface area contributed by atoms with Crippen LogP contribution in [-0.2, 0) is 19.1 Å². The number of carbonyl (C=O) groups is 3. The lowest BCUT2D eigenvalue weighted by Gasteiger charge is -2.26. The van der Waals surface area contributed by atoms with Gasteiger partial charge in [0, 0.05) is 33.0 Å². The topological polar surface area (TPSA) is 75.7 Å². The average Bonchev–Trinajstić information content (AvgIpc) is 2.50. The number of hydrogen-bond donors (Lipinski definition) is 1. The fraction of sp³-hybridized carbons (Fsp3) is 0.812. The summed E-state index contributed by atoms with van der Waals surface area (Å²) in [5, 5.41) is 2.69. The van der Waals surface area contributed by atoms with Gasteiger partial charge in [0.25, 0.3) is 0 Å². The summed E-state index contributed by atoms with van der Waals surface area (Å²) in [5.74, 6) is 0.0893. The van der Waals surface area contributed by atoms with E-state index in [2.05, 4.69) is 10.1 Å². The number of ether oxygens (including phenoxy) is 1. The van der Waals surface area contributed by atoms with Crippen molar-refractivity contribution < 1.29 is 19.1 Å². The zero-order chi connectivity index (χ0) is 16.4. The number of amides is 2. The molecule has 1 saturated carbocycles. The molecular formula is C16H28N2O4. The minimum atomic E-state index is -0.324. The van der Waals surface area contributed by atoms with Crippen molar-refractivity contribution in [1.82, 2.24) is 10.2 Å². The smallest absolute Gasteiger partial charge is 0.307 e. The molecule has 0 aromatic heterocycles. The van der Waals surface area contributed by atoms with Crippen LogP contribution in [-0.4, -0.2) is 49.4 Å². The molecule has 1 aliphatic rings. The van der Waals surface area contributed by atoms with Gasteiger partial charge in [0.05, 0.1) is 13.5 Å². The zero-order valence-corrected chi connectivity index (χ0v) is 13.7. The lowest BCUT2D eigenvalue weighted by molar-refractivity contribution is -0.142. The molecular weight excluding hydrogens is 284 g/mol. The summed E-state index contributed by atoms with van der Waals surface area (Å²) in [6.07, 6.45) is 6.62. The Kier molecular flexibility index (Phi) is 8.55. The van der Waals surface area contributed by atoms with Gasteiger partial charge in [0.15, 0.2) is 0 Å². The van der Waals surface area contributed by atoms with Crippen LogP contribution in [0.4, 0.5) is 0 Å². The molecule has 0 atom stereocenters. The minimum absolute atomic E-state index is 0.0705. The first kappa shape index (κ1) is 18.5. The normalized spacial score (nSPS) is 15.2. The number of methoxy groups -OCH3 is 1. The fourth-order valence-electron chi connectivity index (χ4n) is 2.82. The lowest BCUT2D eigenvalue weighted by Crippen LogP contribution is -2.40. The predicted octanol–water partition coefficient (Wildman–Crippen LogP) is 1.48. The van der Waals surface area contributed by atoms with Gasteiger partial charge >= 0.3 is 5.97 Å². The van der Waals surface area contributed by atoms with E-state index in [0.717, 1.165) is 12.8 Å². The molecule has 0 aromatic carbocycles. The van der Waals surface area contributed by atoms with E-state index in [1.165, 1.54) is 33.3 Å². The van der Waals surface area contributed by atoms with Gasteiger partial charge in [-0.1, -0.05) is 19.3 Å². The molecule has 6 heteroatoms. The summed E-state index contributed by atoms with van der Waals surface area (Å²) in [7, 11) is 1.34. The van der Waals surface area contributed by atoms with Crippen LogP contribution in [0.15, 0.2) is 0 Å². The van der Waals surface area contributed by atoms with Crippen molar-refractivity contribution in [1.29, 1.82) is 0 Å². The van der Waals surface area contributed by atoms with E-state index in [4.69, 9.17) is 0 Å². The maximum Gasteiger partial charge on any atom is 0.307 e. The van der Waals surface area contributed by atoms with Gasteiger partial charge in [0.1, 0.15) is 0 Å². The molecule has 0 aliphatic heterocycles. The van der Waals surface area contributed by atoms with Gasteiger partial charge in [0.2, 0.25) is 11.8 Å². The molecule has 0 bridgehead atoms. The second-order valence-corrected chi connectivity index (χ2v) is 5.90. The summed E-state index contributed by atoms with van der Waals surface area (Å²) >= 11 is 0. The zero-order valence-electron chi connectivity index (χ0n) is 13.7. The monoisotopic (exact) mass is 312 g/mol. The number of carbonyl (C=O) groups excluding carboxylic acids is 3. The Morgan fingerprint density at radius 3 is 2.41 bits per heavy atom. The standard InChI is InChI=1S/C16H28N2O4/c1-13(19)17-9-11-18(10-8-16(21)22-2)15(20)12-14-6-4-3-5-7-14/h14H,3-12H2,1-2H3,(H,17,19). The molecule has 2 amide bonds. The average molecular weight is 312 g/mol. The van der Waals surface area contributed by atoms with Crippen LogP contribution in [0.25, 0.3) is 0 Å². The minimum Gasteiger partial charge on any atom is -0.469 e. The molecule has 126 valence electrons. The molecule has 1 rings (SSSR count). The Hall–Kier alpha value is -1.59. The Morgan fingerprint density at radius 2 is 1.82 bits per heavy atom. The molecule has 1 aliphatic carbocycles. The van der Waals surface area contributed by atoms with Crippen LogP contribution < -0.4 is 5.32 Å². The van der Waals surface area contributed by atoms with Crippen LogP contribution in [0, 0.1) is 5.92 Å². The van der Waals surface area contributed by atoms with Crippen LogP contribution in [0.2, 0.25) is 0 Å². The van der Waals surface area contributed by atoms with E-state index in [1.807, 2.05) is 0 Å². The Balaban J connectivity index is 2.47. The third kappa shape index (κ3) is 7.43. The molecule has 0 radical (unpaired) electrons. The van der Waals surface area contributed by atoms with Crippen LogP contribution in [0.5, 0.6) is 0 Å². The molecule has 0 spiro atoms. The van der Waals surface area contributed by atoms with Crippen molar-refractivity contribution in [2.45, 2.75) is 51.9 Å². The van der Waals surface area contributed by atoms with Crippen LogP contribution in [0.1, 0.15) is 51.9 Å². The summed E-state index contributed by atoms with van der Waals surface area (Å²) in [4.78, 5) is 36.3. The first-order valence-electron chi connectivity index (χ1n) is 8.12. The fourth-order valence-corrected chi connectivity index (χ4v) is 2.82. The summed E-state index contributed by atoms with van der Waals surface area (Å²) in [5.41, 5.74) is 0. The molecule has 1 fully saturated rings. The van der Waals surface area contributed by atoms with Crippen LogP contribution >= 0.6 is 0 Å². The van der Waals surface area contributed by atoms with E-state index in [-0.39, 0.29) is 24.2 Å². The van der Waals surface area contributed by atoms with Crippen molar-refractivity contribution in [2.24, 2.45) is 5.92 Å². The molecule has 0 unspecified atom stereocenters. The number of esters is 1. The number of nitrogens with zero attached hydrogens (tertiary/aromatic N) is 1. The Labute approximate surface area is 132 Å². The Morgan fingerprint density at radius 1 is 1.14 bits per heavy atom. The molecule has 6 nitrogen and oxygen atoms in total. The number of hydrogen-bond acceptors (Lipinski definition) is 4. The maximum atomic E-state index is 12.4. The number of nitrogens with one attached hydrogen (secondary N) is 1. The molecule has 0 aromatic rings. The quantitative estimate of drug-likeness (QED) is 0.689. The van der Waals surface area contributed by atoms with Gasteiger partial charge in [-0.05, 0) is 18.8 Å². The van der Waals surface area contributed by atoms with Crippen molar-refractivity contribution >= 4 is 17.8 Å². The molecule has 0 saturated heterocycles. The largest absolute Gasteiger partial charge is 0.469 e. The first-order chi connectivity index (χ1) is 10.5. The van der Waals surface area contributed by atoms with Crippen molar-refractivity contribution in [2.75, 3.05) is 26.7 Å². The van der Waals surface area contributed by atoms with Crippen molar-refractivity contribution in [3.05, 3.63) is 0 Å². The molecule has 1 N–H and O–H groups in total. The summed E-state index contributed by atoms with van der Waals surface area (Å²) in [6, 6.07) is 0. The van der Waals surface area contributed by atoms with Gasteiger partial charge < -0.3 is 15.0 Å².